The normalized spacial score (nSPS) is 17.7. The SMILES string of the molecule is COCCNc1ncccc1-c1noc([C@H]2CCCN2Cc2ccc([NH+]([O-])O)cc2)n1. The maximum Gasteiger partial charge on any atom is 0.244 e. The average Bonchev–Trinajstić information content (AvgIpc) is 3.44. The van der Waals surface area contributed by atoms with Gasteiger partial charge >= 0.3 is 0 Å². The minimum Gasteiger partial charge on any atom is -0.595 e. The molecule has 164 valence electrons. The Bertz CT molecular complexity index is 978. The van der Waals surface area contributed by atoms with Crippen molar-refractivity contribution in [1.82, 2.24) is 20.0 Å². The molecular formula is C21H26N6O4. The van der Waals surface area contributed by atoms with Gasteiger partial charge in [0.25, 0.3) is 0 Å². The molecule has 0 aliphatic carbocycles. The number of nitrogens with one attached hydrogen (secondary N) is 2. The fourth-order valence-electron chi connectivity index (χ4n) is 3.76. The highest BCUT2D eigenvalue weighted by atomic mass is 16.8. The molecule has 2 atom stereocenters. The van der Waals surface area contributed by atoms with Crippen molar-refractivity contribution in [2.45, 2.75) is 25.4 Å². The molecule has 0 radical (unpaired) electrons. The zero-order chi connectivity index (χ0) is 21.6. The number of likely N-dealkylation sites (tertiary alicyclic amines) is 1. The smallest absolute Gasteiger partial charge is 0.244 e. The Labute approximate surface area is 180 Å². The minimum absolute atomic E-state index is 0.0296. The third-order valence-corrected chi connectivity index (χ3v) is 5.32. The number of hydrogen-bond donors (Lipinski definition) is 3. The van der Waals surface area contributed by atoms with Gasteiger partial charge in [0.05, 0.1) is 18.2 Å². The zero-order valence-electron chi connectivity index (χ0n) is 17.3. The number of quaternary nitrogens is 1. The second-order valence-corrected chi connectivity index (χ2v) is 7.41. The van der Waals surface area contributed by atoms with Crippen molar-refractivity contribution in [1.29, 1.82) is 0 Å². The van der Waals surface area contributed by atoms with Crippen LogP contribution in [0.4, 0.5) is 11.5 Å². The molecule has 3 aromatic rings. The van der Waals surface area contributed by atoms with Crippen molar-refractivity contribution in [3.63, 3.8) is 0 Å². The van der Waals surface area contributed by atoms with Crippen LogP contribution in [0.3, 0.4) is 0 Å². The van der Waals surface area contributed by atoms with Gasteiger partial charge in [0.1, 0.15) is 5.82 Å². The van der Waals surface area contributed by atoms with E-state index in [0.717, 1.165) is 30.5 Å². The summed E-state index contributed by atoms with van der Waals surface area (Å²) in [6.07, 6.45) is 3.68. The first-order chi connectivity index (χ1) is 15.2. The Kier molecular flexibility index (Phi) is 6.85. The Hall–Kier alpha value is -2.89. The topological polar surface area (TPSA) is 124 Å². The van der Waals surface area contributed by atoms with E-state index in [1.807, 2.05) is 24.3 Å². The summed E-state index contributed by atoms with van der Waals surface area (Å²) in [5.41, 5.74) is 2.12. The second kappa shape index (κ2) is 9.94. The largest absolute Gasteiger partial charge is 0.595 e. The summed E-state index contributed by atoms with van der Waals surface area (Å²) in [7, 11) is 1.65. The number of anilines is 1. The van der Waals surface area contributed by atoms with Crippen LogP contribution in [0.1, 0.15) is 30.3 Å². The Morgan fingerprint density at radius 1 is 1.32 bits per heavy atom. The van der Waals surface area contributed by atoms with Gasteiger partial charge in [0, 0.05) is 38.5 Å². The summed E-state index contributed by atoms with van der Waals surface area (Å²) in [6, 6.07) is 10.8. The van der Waals surface area contributed by atoms with Crippen LogP contribution in [0.15, 0.2) is 47.1 Å². The lowest BCUT2D eigenvalue weighted by Crippen LogP contribution is -2.99. The third kappa shape index (κ3) is 5.06. The number of ether oxygens (including phenoxy) is 1. The molecule has 0 saturated carbocycles. The molecule has 10 nitrogen and oxygen atoms in total. The summed E-state index contributed by atoms with van der Waals surface area (Å²) in [5.74, 6) is 1.77. The van der Waals surface area contributed by atoms with E-state index in [-0.39, 0.29) is 11.7 Å². The van der Waals surface area contributed by atoms with Crippen LogP contribution in [0.5, 0.6) is 0 Å². The number of rotatable bonds is 9. The quantitative estimate of drug-likeness (QED) is 0.348. The van der Waals surface area contributed by atoms with Crippen molar-refractivity contribution >= 4 is 11.5 Å². The Morgan fingerprint density at radius 3 is 2.94 bits per heavy atom. The van der Waals surface area contributed by atoms with Crippen molar-refractivity contribution in [2.75, 3.05) is 32.1 Å². The molecule has 4 rings (SSSR count). The highest BCUT2D eigenvalue weighted by Gasteiger charge is 2.31. The summed E-state index contributed by atoms with van der Waals surface area (Å²) in [5, 5.41) is 26.6. The fourth-order valence-corrected chi connectivity index (χ4v) is 3.76. The predicted molar refractivity (Wildman–Crippen MR) is 112 cm³/mol. The molecule has 3 N–H and O–H groups in total. The summed E-state index contributed by atoms with van der Waals surface area (Å²) in [4.78, 5) is 11.3. The van der Waals surface area contributed by atoms with Gasteiger partial charge in [0.15, 0.2) is 5.69 Å². The number of nitrogens with zero attached hydrogens (tertiary/aromatic N) is 4. The minimum atomic E-state index is -0.921. The lowest BCUT2D eigenvalue weighted by atomic mass is 10.1. The monoisotopic (exact) mass is 426 g/mol. The first kappa shape index (κ1) is 21.3. The maximum atomic E-state index is 11.1. The van der Waals surface area contributed by atoms with Crippen LogP contribution in [0, 0.1) is 5.21 Å². The van der Waals surface area contributed by atoms with Crippen LogP contribution < -0.4 is 10.5 Å². The van der Waals surface area contributed by atoms with Crippen molar-refractivity contribution < 1.29 is 19.7 Å². The molecule has 31 heavy (non-hydrogen) atoms. The number of pyridine rings is 1. The molecule has 1 fully saturated rings. The average molecular weight is 426 g/mol. The maximum absolute atomic E-state index is 11.1. The standard InChI is InChI=1S/C21H26N6O4/c1-30-13-11-23-19-17(4-2-10-22-19)20-24-21(31-25-20)18-5-3-12-26(18)14-15-6-8-16(9-7-15)27(28)29/h2,4,6-10,18,27-28H,3,5,11-14H2,1H3,(H,22,23)/t18-/m1/s1. The summed E-state index contributed by atoms with van der Waals surface area (Å²) < 4.78 is 10.7. The van der Waals surface area contributed by atoms with E-state index in [1.54, 1.807) is 25.4 Å². The molecule has 1 unspecified atom stereocenters. The molecule has 1 aliphatic heterocycles. The first-order valence-corrected chi connectivity index (χ1v) is 10.2. The molecule has 0 amide bonds. The van der Waals surface area contributed by atoms with Gasteiger partial charge < -0.3 is 19.8 Å². The molecule has 1 aromatic carbocycles. The molecule has 1 aliphatic rings. The van der Waals surface area contributed by atoms with Gasteiger partial charge in [-0.15, -0.1) is 0 Å². The van der Waals surface area contributed by atoms with Gasteiger partial charge in [-0.3, -0.25) is 4.90 Å². The predicted octanol–water partition coefficient (Wildman–Crippen LogP) is 1.93. The fraction of sp³-hybridized carbons (Fsp3) is 0.381. The zero-order valence-corrected chi connectivity index (χ0v) is 17.3. The van der Waals surface area contributed by atoms with E-state index in [0.29, 0.717) is 37.2 Å². The second-order valence-electron chi connectivity index (χ2n) is 7.41. The lowest BCUT2D eigenvalue weighted by molar-refractivity contribution is -0.991. The van der Waals surface area contributed by atoms with Crippen LogP contribution >= 0.6 is 0 Å². The number of aromatic nitrogens is 3. The van der Waals surface area contributed by atoms with Crippen molar-refractivity contribution in [3.8, 4) is 11.4 Å². The van der Waals surface area contributed by atoms with E-state index >= 15 is 0 Å². The highest BCUT2D eigenvalue weighted by Crippen LogP contribution is 2.34. The van der Waals surface area contributed by atoms with E-state index < -0.39 is 5.23 Å². The molecular weight excluding hydrogens is 400 g/mol. The van der Waals surface area contributed by atoms with Gasteiger partial charge in [0.2, 0.25) is 11.7 Å². The van der Waals surface area contributed by atoms with Gasteiger partial charge in [-0.2, -0.15) is 10.2 Å². The summed E-state index contributed by atoms with van der Waals surface area (Å²) in [6.45, 7) is 2.80. The van der Waals surface area contributed by atoms with Crippen LogP contribution in [0.2, 0.25) is 0 Å². The third-order valence-electron chi connectivity index (χ3n) is 5.32. The Morgan fingerprint density at radius 2 is 2.16 bits per heavy atom. The molecule has 2 aromatic heterocycles. The first-order valence-electron chi connectivity index (χ1n) is 10.2. The van der Waals surface area contributed by atoms with Crippen LogP contribution in [-0.2, 0) is 11.3 Å². The molecule has 0 bridgehead atoms. The van der Waals surface area contributed by atoms with Gasteiger partial charge in [-0.1, -0.05) is 17.3 Å². The van der Waals surface area contributed by atoms with E-state index in [9.17, 15) is 5.21 Å². The number of methoxy groups -OCH3 is 1. The van der Waals surface area contributed by atoms with E-state index in [2.05, 4.69) is 25.3 Å². The lowest BCUT2D eigenvalue weighted by Gasteiger charge is -2.21. The number of benzene rings is 1. The molecule has 1 saturated heterocycles. The molecule has 0 spiro atoms. The molecule has 3 heterocycles. The van der Waals surface area contributed by atoms with Gasteiger partial charge in [-0.25, -0.2) is 10.2 Å². The summed E-state index contributed by atoms with van der Waals surface area (Å²) >= 11 is 0. The van der Waals surface area contributed by atoms with Crippen molar-refractivity contribution in [2.24, 2.45) is 0 Å². The van der Waals surface area contributed by atoms with Crippen molar-refractivity contribution in [3.05, 3.63) is 59.3 Å². The van der Waals surface area contributed by atoms with Gasteiger partial charge in [-0.05, 0) is 37.1 Å². The van der Waals surface area contributed by atoms with E-state index in [4.69, 9.17) is 14.5 Å². The molecule has 10 heteroatoms. The highest BCUT2D eigenvalue weighted by molar-refractivity contribution is 5.69. The van der Waals surface area contributed by atoms with Crippen LogP contribution in [0.25, 0.3) is 11.4 Å². The number of hydrogen-bond acceptors (Lipinski definition) is 9. The van der Waals surface area contributed by atoms with Crippen LogP contribution in [-0.4, -0.2) is 52.0 Å². The Balaban J connectivity index is 1.48. The van der Waals surface area contributed by atoms with E-state index in [1.165, 1.54) is 0 Å².